The van der Waals surface area contributed by atoms with E-state index in [1.54, 1.807) is 18.5 Å². The van der Waals surface area contributed by atoms with E-state index in [4.69, 9.17) is 4.74 Å². The van der Waals surface area contributed by atoms with E-state index in [1.807, 2.05) is 13.0 Å². The highest BCUT2D eigenvalue weighted by Gasteiger charge is 2.50. The molecule has 3 rings (SSSR count). The fourth-order valence-electron chi connectivity index (χ4n) is 3.30. The molecule has 2 atom stereocenters. The number of benzene rings is 1. The molecule has 2 unspecified atom stereocenters. The molecule has 5 nitrogen and oxygen atoms in total. The molecule has 5 heteroatoms. The predicted molar refractivity (Wildman–Crippen MR) is 79.5 cm³/mol. The topological polar surface area (TPSA) is 64.4 Å². The number of imidazole rings is 1. The molecule has 21 heavy (non-hydrogen) atoms. The summed E-state index contributed by atoms with van der Waals surface area (Å²) in [5.74, 6) is -0.939. The zero-order chi connectivity index (χ0) is 15.2. The number of para-hydroxylation sites is 1. The number of fused-ring (bicyclic) bond motifs is 1. The largest absolute Gasteiger partial charge is 0.478 e. The van der Waals surface area contributed by atoms with Crippen LogP contribution < -0.4 is 0 Å². The lowest BCUT2D eigenvalue weighted by Crippen LogP contribution is -2.51. The van der Waals surface area contributed by atoms with E-state index in [9.17, 15) is 9.90 Å². The molecule has 112 valence electrons. The van der Waals surface area contributed by atoms with Crippen LogP contribution in [-0.2, 0) is 4.74 Å². The molecule has 0 saturated heterocycles. The molecule has 1 heterocycles. The van der Waals surface area contributed by atoms with E-state index < -0.39 is 5.97 Å². The van der Waals surface area contributed by atoms with E-state index in [0.29, 0.717) is 12.1 Å². The Morgan fingerprint density at radius 2 is 2.29 bits per heavy atom. The molecule has 0 spiro atoms. The molecular formula is C16H20N2O3. The highest BCUT2D eigenvalue weighted by molar-refractivity contribution is 6.00. The van der Waals surface area contributed by atoms with Gasteiger partial charge in [0.15, 0.2) is 0 Å². The summed E-state index contributed by atoms with van der Waals surface area (Å²) in [7, 11) is 0. The molecule has 0 bridgehead atoms. The van der Waals surface area contributed by atoms with Crippen molar-refractivity contribution in [2.75, 3.05) is 6.61 Å². The number of carboxylic acids is 1. The van der Waals surface area contributed by atoms with Gasteiger partial charge in [0.05, 0.1) is 23.5 Å². The van der Waals surface area contributed by atoms with Gasteiger partial charge in [0.2, 0.25) is 0 Å². The van der Waals surface area contributed by atoms with Crippen LogP contribution in [0.1, 0.15) is 43.6 Å². The Bertz CT molecular complexity index is 690. The SMILES string of the molecule is CCOC1CC(n2cnc3c(C(=O)O)cccc32)C1(C)C. The lowest BCUT2D eigenvalue weighted by atomic mass is 9.64. The first-order chi connectivity index (χ1) is 9.96. The summed E-state index contributed by atoms with van der Waals surface area (Å²) < 4.78 is 7.86. The van der Waals surface area contributed by atoms with Crippen molar-refractivity contribution >= 4 is 17.0 Å². The number of ether oxygens (including phenoxy) is 1. The Hall–Kier alpha value is -1.88. The minimum absolute atomic E-state index is 0.0167. The summed E-state index contributed by atoms with van der Waals surface area (Å²) in [5, 5.41) is 9.25. The van der Waals surface area contributed by atoms with E-state index in [2.05, 4.69) is 23.4 Å². The molecule has 1 saturated carbocycles. The Labute approximate surface area is 123 Å². The summed E-state index contributed by atoms with van der Waals surface area (Å²) in [6.07, 6.45) is 2.93. The minimum Gasteiger partial charge on any atom is -0.478 e. The van der Waals surface area contributed by atoms with Gasteiger partial charge in [0.25, 0.3) is 0 Å². The van der Waals surface area contributed by atoms with Crippen molar-refractivity contribution in [3.05, 3.63) is 30.1 Å². The standard InChI is InChI=1S/C16H20N2O3/c1-4-21-13-8-12(16(13,2)3)18-9-17-14-10(15(19)20)6-5-7-11(14)18/h5-7,9,12-13H,4,8H2,1-3H3,(H,19,20). The first-order valence-corrected chi connectivity index (χ1v) is 7.27. The number of rotatable bonds is 4. The Balaban J connectivity index is 2.00. The molecule has 0 aliphatic heterocycles. The number of nitrogens with zero attached hydrogens (tertiary/aromatic N) is 2. The summed E-state index contributed by atoms with van der Waals surface area (Å²) in [6, 6.07) is 5.58. The van der Waals surface area contributed by atoms with Gasteiger partial charge in [-0.1, -0.05) is 19.9 Å². The van der Waals surface area contributed by atoms with Crippen molar-refractivity contribution in [2.45, 2.75) is 39.3 Å². The Morgan fingerprint density at radius 3 is 2.90 bits per heavy atom. The quantitative estimate of drug-likeness (QED) is 0.939. The van der Waals surface area contributed by atoms with Gasteiger partial charge in [-0.3, -0.25) is 0 Å². The van der Waals surface area contributed by atoms with Crippen LogP contribution in [0.15, 0.2) is 24.5 Å². The van der Waals surface area contributed by atoms with Crippen molar-refractivity contribution in [3.8, 4) is 0 Å². The monoisotopic (exact) mass is 288 g/mol. The summed E-state index contributed by atoms with van der Waals surface area (Å²) in [6.45, 7) is 7.10. The fraction of sp³-hybridized carbons (Fsp3) is 0.500. The normalized spacial score (nSPS) is 24.0. The van der Waals surface area contributed by atoms with Gasteiger partial charge in [-0.25, -0.2) is 9.78 Å². The smallest absolute Gasteiger partial charge is 0.337 e. The molecule has 1 fully saturated rings. The summed E-state index contributed by atoms with van der Waals surface area (Å²) in [5.41, 5.74) is 1.70. The van der Waals surface area contributed by atoms with Crippen LogP contribution in [0.3, 0.4) is 0 Å². The number of aromatic carboxylic acids is 1. The number of aromatic nitrogens is 2. The second kappa shape index (κ2) is 4.84. The van der Waals surface area contributed by atoms with Gasteiger partial charge in [-0.2, -0.15) is 0 Å². The molecular weight excluding hydrogens is 268 g/mol. The van der Waals surface area contributed by atoms with E-state index >= 15 is 0 Å². The molecule has 1 N–H and O–H groups in total. The first-order valence-electron chi connectivity index (χ1n) is 7.27. The minimum atomic E-state index is -0.939. The molecule has 2 aromatic rings. The maximum Gasteiger partial charge on any atom is 0.337 e. The highest BCUT2D eigenvalue weighted by atomic mass is 16.5. The molecule has 1 aliphatic carbocycles. The molecule has 0 radical (unpaired) electrons. The van der Waals surface area contributed by atoms with Crippen molar-refractivity contribution < 1.29 is 14.6 Å². The lowest BCUT2D eigenvalue weighted by molar-refractivity contribution is -0.126. The van der Waals surface area contributed by atoms with Crippen LogP contribution in [0.2, 0.25) is 0 Å². The predicted octanol–water partition coefficient (Wildman–Crippen LogP) is 3.11. The van der Waals surface area contributed by atoms with Crippen molar-refractivity contribution in [1.82, 2.24) is 9.55 Å². The van der Waals surface area contributed by atoms with Crippen LogP contribution in [0.5, 0.6) is 0 Å². The van der Waals surface area contributed by atoms with E-state index in [-0.39, 0.29) is 23.1 Å². The Kier molecular flexibility index (Phi) is 3.24. The molecule has 1 aromatic heterocycles. The van der Waals surface area contributed by atoms with Gasteiger partial charge in [-0.15, -0.1) is 0 Å². The van der Waals surface area contributed by atoms with E-state index in [0.717, 1.165) is 11.9 Å². The second-order valence-corrected chi connectivity index (χ2v) is 6.15. The zero-order valence-electron chi connectivity index (χ0n) is 12.5. The van der Waals surface area contributed by atoms with Crippen LogP contribution in [0, 0.1) is 5.41 Å². The second-order valence-electron chi connectivity index (χ2n) is 6.15. The fourth-order valence-corrected chi connectivity index (χ4v) is 3.30. The number of carboxylic acid groups (broad SMARTS) is 1. The van der Waals surface area contributed by atoms with Gasteiger partial charge in [0.1, 0.15) is 5.52 Å². The molecule has 1 aromatic carbocycles. The third-order valence-corrected chi connectivity index (χ3v) is 4.66. The zero-order valence-corrected chi connectivity index (χ0v) is 12.5. The van der Waals surface area contributed by atoms with Gasteiger partial charge < -0.3 is 14.4 Å². The Morgan fingerprint density at radius 1 is 1.52 bits per heavy atom. The third kappa shape index (κ3) is 2.03. The highest BCUT2D eigenvalue weighted by Crippen LogP contribution is 2.52. The average molecular weight is 288 g/mol. The van der Waals surface area contributed by atoms with Crippen LogP contribution in [-0.4, -0.2) is 33.3 Å². The van der Waals surface area contributed by atoms with Crippen LogP contribution >= 0.6 is 0 Å². The third-order valence-electron chi connectivity index (χ3n) is 4.66. The number of carbonyl (C=O) groups is 1. The maximum atomic E-state index is 11.3. The first kappa shape index (κ1) is 14.1. The number of hydrogen-bond donors (Lipinski definition) is 1. The summed E-state index contributed by atoms with van der Waals surface area (Å²) >= 11 is 0. The molecule has 0 amide bonds. The van der Waals surface area contributed by atoms with E-state index in [1.165, 1.54) is 0 Å². The van der Waals surface area contributed by atoms with Crippen LogP contribution in [0.25, 0.3) is 11.0 Å². The lowest BCUT2D eigenvalue weighted by Gasteiger charge is -2.52. The van der Waals surface area contributed by atoms with Gasteiger partial charge in [-0.05, 0) is 25.5 Å². The van der Waals surface area contributed by atoms with Crippen molar-refractivity contribution in [1.29, 1.82) is 0 Å². The number of hydrogen-bond acceptors (Lipinski definition) is 3. The van der Waals surface area contributed by atoms with Crippen molar-refractivity contribution in [3.63, 3.8) is 0 Å². The van der Waals surface area contributed by atoms with Gasteiger partial charge in [0, 0.05) is 18.1 Å². The molecule has 1 aliphatic rings. The van der Waals surface area contributed by atoms with Crippen molar-refractivity contribution in [2.24, 2.45) is 5.41 Å². The average Bonchev–Trinajstić information content (AvgIpc) is 2.86. The van der Waals surface area contributed by atoms with Gasteiger partial charge >= 0.3 is 5.97 Å². The van der Waals surface area contributed by atoms with Crippen LogP contribution in [0.4, 0.5) is 0 Å². The summed E-state index contributed by atoms with van der Waals surface area (Å²) in [4.78, 5) is 15.6. The maximum absolute atomic E-state index is 11.3.